The van der Waals surface area contributed by atoms with Gasteiger partial charge in [0.2, 0.25) is 0 Å². The maximum atomic E-state index is 8.60. The van der Waals surface area contributed by atoms with E-state index in [0.717, 1.165) is 5.06 Å². The van der Waals surface area contributed by atoms with E-state index < -0.39 is 0 Å². The molecule has 0 heterocycles. The Morgan fingerprint density at radius 2 is 2.38 bits per heavy atom. The van der Waals surface area contributed by atoms with Gasteiger partial charge in [0.15, 0.2) is 0 Å². The van der Waals surface area contributed by atoms with Crippen molar-refractivity contribution in [3.63, 3.8) is 0 Å². The summed E-state index contributed by atoms with van der Waals surface area (Å²) in [5.41, 5.74) is 0. The molecule has 2 N–H and O–H groups in total. The molecule has 0 spiro atoms. The van der Waals surface area contributed by atoms with Gasteiger partial charge in [0.05, 0.1) is 6.67 Å². The molecule has 3 heteroatoms. The molecule has 0 atom stereocenters. The molecule has 1 aliphatic carbocycles. The highest BCUT2D eigenvalue weighted by atomic mass is 16.5. The van der Waals surface area contributed by atoms with Gasteiger partial charge < -0.3 is 5.21 Å². The maximum absolute atomic E-state index is 8.60. The highest BCUT2D eigenvalue weighted by molar-refractivity contribution is 4.79. The Hall–Kier alpha value is -0.120. The van der Waals surface area contributed by atoms with E-state index in [0.29, 0.717) is 12.7 Å². The van der Waals surface area contributed by atoms with Gasteiger partial charge in [-0.2, -0.15) is 5.06 Å². The van der Waals surface area contributed by atoms with Gasteiger partial charge in [0.25, 0.3) is 0 Å². The topological polar surface area (TPSA) is 35.5 Å². The highest BCUT2D eigenvalue weighted by Gasteiger charge is 2.19. The first kappa shape index (κ1) is 6.01. The van der Waals surface area contributed by atoms with Crippen molar-refractivity contribution >= 4 is 0 Å². The van der Waals surface area contributed by atoms with Crippen molar-refractivity contribution in [1.82, 2.24) is 10.4 Å². The predicted octanol–water partition coefficient (Wildman–Crippen LogP) is 0.0169. The van der Waals surface area contributed by atoms with Crippen LogP contribution in [0.15, 0.2) is 0 Å². The summed E-state index contributed by atoms with van der Waals surface area (Å²) in [4.78, 5) is 0. The molecule has 0 aromatic rings. The van der Waals surface area contributed by atoms with Crippen LogP contribution >= 0.6 is 0 Å². The number of nitrogens with one attached hydrogen (secondary N) is 1. The second kappa shape index (κ2) is 2.44. The fourth-order valence-corrected chi connectivity index (χ4v) is 0.549. The first-order chi connectivity index (χ1) is 3.79. The van der Waals surface area contributed by atoms with Gasteiger partial charge >= 0.3 is 0 Å². The van der Waals surface area contributed by atoms with Crippen LogP contribution in [0.5, 0.6) is 0 Å². The maximum Gasteiger partial charge on any atom is 0.0728 e. The highest BCUT2D eigenvalue weighted by Crippen LogP contribution is 2.17. The van der Waals surface area contributed by atoms with E-state index in [-0.39, 0.29) is 0 Å². The molecule has 0 aromatic heterocycles. The molecular formula is C5H12N2O. The average molecular weight is 116 g/mol. The van der Waals surface area contributed by atoms with Crippen molar-refractivity contribution in [3.05, 3.63) is 0 Å². The van der Waals surface area contributed by atoms with E-state index in [4.69, 9.17) is 5.21 Å². The summed E-state index contributed by atoms with van der Waals surface area (Å²) >= 11 is 0. The van der Waals surface area contributed by atoms with Gasteiger partial charge in [-0.05, 0) is 12.8 Å². The summed E-state index contributed by atoms with van der Waals surface area (Å²) in [5, 5.41) is 12.9. The van der Waals surface area contributed by atoms with Gasteiger partial charge in [-0.25, -0.2) is 0 Å². The van der Waals surface area contributed by atoms with Gasteiger partial charge in [0.1, 0.15) is 0 Å². The lowest BCUT2D eigenvalue weighted by atomic mass is 10.7. The van der Waals surface area contributed by atoms with Crippen molar-refractivity contribution in [1.29, 1.82) is 0 Å². The molecule has 0 radical (unpaired) electrons. The smallest absolute Gasteiger partial charge is 0.0728 e. The SMILES string of the molecule is CN(O)CNC1CC1. The van der Waals surface area contributed by atoms with E-state index in [1.165, 1.54) is 12.8 Å². The van der Waals surface area contributed by atoms with Crippen LogP contribution in [0.1, 0.15) is 12.8 Å². The molecular weight excluding hydrogens is 104 g/mol. The quantitative estimate of drug-likeness (QED) is 0.403. The minimum Gasteiger partial charge on any atom is -0.313 e. The van der Waals surface area contributed by atoms with Crippen molar-refractivity contribution in [2.24, 2.45) is 0 Å². The van der Waals surface area contributed by atoms with Crippen LogP contribution in [0.25, 0.3) is 0 Å². The van der Waals surface area contributed by atoms with Crippen LogP contribution in [-0.4, -0.2) is 30.0 Å². The Bertz CT molecular complexity index is 68.8. The zero-order chi connectivity index (χ0) is 5.98. The van der Waals surface area contributed by atoms with E-state index in [1.54, 1.807) is 7.05 Å². The van der Waals surface area contributed by atoms with Gasteiger partial charge in [-0.1, -0.05) is 0 Å². The number of hydrogen-bond donors (Lipinski definition) is 2. The monoisotopic (exact) mass is 116 g/mol. The lowest BCUT2D eigenvalue weighted by molar-refractivity contribution is -0.0712. The van der Waals surface area contributed by atoms with Crippen LogP contribution in [0.4, 0.5) is 0 Å². The lowest BCUT2D eigenvalue weighted by Crippen LogP contribution is -2.29. The first-order valence-corrected chi connectivity index (χ1v) is 2.92. The van der Waals surface area contributed by atoms with Crippen LogP contribution in [-0.2, 0) is 0 Å². The third kappa shape index (κ3) is 2.26. The van der Waals surface area contributed by atoms with Crippen molar-refractivity contribution in [3.8, 4) is 0 Å². The molecule has 1 rings (SSSR count). The molecule has 0 bridgehead atoms. The first-order valence-electron chi connectivity index (χ1n) is 2.92. The van der Waals surface area contributed by atoms with Crippen molar-refractivity contribution < 1.29 is 5.21 Å². The van der Waals surface area contributed by atoms with Crippen molar-refractivity contribution in [2.75, 3.05) is 13.7 Å². The van der Waals surface area contributed by atoms with Gasteiger partial charge in [-0.3, -0.25) is 5.32 Å². The van der Waals surface area contributed by atoms with Crippen LogP contribution in [0.2, 0.25) is 0 Å². The summed E-state index contributed by atoms with van der Waals surface area (Å²) in [7, 11) is 1.63. The number of rotatable bonds is 3. The fraction of sp³-hybridized carbons (Fsp3) is 1.00. The third-order valence-corrected chi connectivity index (χ3v) is 1.19. The second-order valence-electron chi connectivity index (χ2n) is 2.29. The lowest BCUT2D eigenvalue weighted by Gasteiger charge is -2.07. The van der Waals surface area contributed by atoms with E-state index >= 15 is 0 Å². The summed E-state index contributed by atoms with van der Waals surface area (Å²) in [6, 6.07) is 0.685. The second-order valence-corrected chi connectivity index (χ2v) is 2.29. The Morgan fingerprint density at radius 1 is 1.75 bits per heavy atom. The number of hydrogen-bond acceptors (Lipinski definition) is 3. The zero-order valence-corrected chi connectivity index (χ0v) is 5.09. The minimum absolute atomic E-state index is 0.588. The minimum atomic E-state index is 0.588. The Kier molecular flexibility index (Phi) is 1.83. The van der Waals surface area contributed by atoms with Crippen LogP contribution in [0, 0.1) is 0 Å². The largest absolute Gasteiger partial charge is 0.313 e. The molecule has 0 saturated heterocycles. The summed E-state index contributed by atoms with van der Waals surface area (Å²) < 4.78 is 0. The molecule has 0 aliphatic heterocycles. The third-order valence-electron chi connectivity index (χ3n) is 1.19. The number of hydroxylamine groups is 2. The molecule has 0 amide bonds. The molecule has 1 aliphatic rings. The normalized spacial score (nSPS) is 19.9. The zero-order valence-electron chi connectivity index (χ0n) is 5.09. The molecule has 48 valence electrons. The fourth-order valence-electron chi connectivity index (χ4n) is 0.549. The Labute approximate surface area is 49.3 Å². The Morgan fingerprint density at radius 3 is 2.75 bits per heavy atom. The standard InChI is InChI=1S/C5H12N2O/c1-7(8)4-6-5-2-3-5/h5-6,8H,2-4H2,1H3. The summed E-state index contributed by atoms with van der Waals surface area (Å²) in [6.07, 6.45) is 2.54. The van der Waals surface area contributed by atoms with Crippen LogP contribution in [0.3, 0.4) is 0 Å². The van der Waals surface area contributed by atoms with E-state index in [1.807, 2.05) is 0 Å². The number of nitrogens with zero attached hydrogens (tertiary/aromatic N) is 1. The average Bonchev–Trinajstić information content (AvgIpc) is 2.41. The summed E-state index contributed by atoms with van der Waals surface area (Å²) in [5.74, 6) is 0. The summed E-state index contributed by atoms with van der Waals surface area (Å²) in [6.45, 7) is 0.588. The predicted molar refractivity (Wildman–Crippen MR) is 30.6 cm³/mol. The van der Waals surface area contributed by atoms with Gasteiger partial charge in [-0.15, -0.1) is 0 Å². The Balaban J connectivity index is 1.87. The van der Waals surface area contributed by atoms with Crippen LogP contribution < -0.4 is 5.32 Å². The van der Waals surface area contributed by atoms with Gasteiger partial charge in [0, 0.05) is 13.1 Å². The molecule has 1 fully saturated rings. The van der Waals surface area contributed by atoms with E-state index in [9.17, 15) is 0 Å². The molecule has 0 unspecified atom stereocenters. The molecule has 1 saturated carbocycles. The molecule has 3 nitrogen and oxygen atoms in total. The van der Waals surface area contributed by atoms with Crippen molar-refractivity contribution in [2.45, 2.75) is 18.9 Å². The van der Waals surface area contributed by atoms with E-state index in [2.05, 4.69) is 5.32 Å². The molecule has 0 aromatic carbocycles. The molecule has 8 heavy (non-hydrogen) atoms.